The first-order chi connectivity index (χ1) is 9.25. The molecule has 0 unspecified atom stereocenters. The monoisotopic (exact) mass is 311 g/mol. The molecule has 0 saturated carbocycles. The van der Waals surface area contributed by atoms with Crippen LogP contribution in [0.1, 0.15) is 5.56 Å². The lowest BCUT2D eigenvalue weighted by atomic mass is 10.0. The van der Waals surface area contributed by atoms with E-state index in [0.717, 1.165) is 10.2 Å². The highest BCUT2D eigenvalue weighted by atomic mass is 79.9. The minimum absolute atomic E-state index is 1.07. The van der Waals surface area contributed by atoms with Crippen molar-refractivity contribution in [2.45, 2.75) is 6.92 Å². The molecule has 0 saturated heterocycles. The summed E-state index contributed by atoms with van der Waals surface area (Å²) in [5.41, 5.74) is 3.50. The molecule has 0 aliphatic rings. The van der Waals surface area contributed by atoms with Crippen molar-refractivity contribution in [3.05, 3.63) is 70.7 Å². The summed E-state index contributed by atoms with van der Waals surface area (Å²) in [6.07, 6.45) is 0. The second-order valence-corrected chi connectivity index (χ2v) is 5.44. The third-order valence-corrected chi connectivity index (χ3v) is 3.96. The normalized spacial score (nSPS) is 10.6. The standard InChI is InChI=1S/C17H14BrN/c1-12-10-11-13-6-2-3-7-14(13)17(12)19-16-9-5-4-8-15(16)18/h2-11,19H,1H3. The van der Waals surface area contributed by atoms with Crippen molar-refractivity contribution >= 4 is 38.1 Å². The number of hydrogen-bond donors (Lipinski definition) is 1. The van der Waals surface area contributed by atoms with E-state index in [0.29, 0.717) is 0 Å². The molecule has 3 aromatic carbocycles. The highest BCUT2D eigenvalue weighted by Crippen LogP contribution is 2.32. The van der Waals surface area contributed by atoms with Crippen LogP contribution in [0.4, 0.5) is 11.4 Å². The Kier molecular flexibility index (Phi) is 3.26. The van der Waals surface area contributed by atoms with Crippen LogP contribution in [0.5, 0.6) is 0 Å². The van der Waals surface area contributed by atoms with Gasteiger partial charge in [0.2, 0.25) is 0 Å². The van der Waals surface area contributed by atoms with Gasteiger partial charge in [0.1, 0.15) is 0 Å². The molecule has 2 heteroatoms. The van der Waals surface area contributed by atoms with E-state index in [-0.39, 0.29) is 0 Å². The smallest absolute Gasteiger partial charge is 0.0528 e. The highest BCUT2D eigenvalue weighted by Gasteiger charge is 2.06. The van der Waals surface area contributed by atoms with Crippen LogP contribution < -0.4 is 5.32 Å². The van der Waals surface area contributed by atoms with E-state index in [1.54, 1.807) is 0 Å². The zero-order valence-electron chi connectivity index (χ0n) is 10.7. The largest absolute Gasteiger partial charge is 0.354 e. The molecule has 3 aromatic rings. The van der Waals surface area contributed by atoms with E-state index in [1.807, 2.05) is 18.2 Å². The summed E-state index contributed by atoms with van der Waals surface area (Å²) in [4.78, 5) is 0. The van der Waals surface area contributed by atoms with Gasteiger partial charge < -0.3 is 5.32 Å². The lowest BCUT2D eigenvalue weighted by Gasteiger charge is -2.14. The number of nitrogens with one attached hydrogen (secondary N) is 1. The lowest BCUT2D eigenvalue weighted by Crippen LogP contribution is -1.95. The summed E-state index contributed by atoms with van der Waals surface area (Å²) in [6.45, 7) is 2.13. The Bertz CT molecular complexity index is 734. The molecule has 0 atom stereocenters. The van der Waals surface area contributed by atoms with Crippen LogP contribution in [0.15, 0.2) is 65.1 Å². The molecule has 1 nitrogen and oxygen atoms in total. The average Bonchev–Trinajstić information content (AvgIpc) is 2.44. The van der Waals surface area contributed by atoms with Crippen LogP contribution in [0.3, 0.4) is 0 Å². The fraction of sp³-hybridized carbons (Fsp3) is 0.0588. The molecule has 0 spiro atoms. The summed E-state index contributed by atoms with van der Waals surface area (Å²) >= 11 is 3.58. The first-order valence-corrected chi connectivity index (χ1v) is 7.05. The summed E-state index contributed by atoms with van der Waals surface area (Å²) < 4.78 is 1.07. The predicted molar refractivity (Wildman–Crippen MR) is 86.1 cm³/mol. The maximum atomic E-state index is 3.58. The first kappa shape index (κ1) is 12.2. The Morgan fingerprint density at radius 3 is 2.42 bits per heavy atom. The number of hydrogen-bond acceptors (Lipinski definition) is 1. The van der Waals surface area contributed by atoms with Crippen molar-refractivity contribution in [3.63, 3.8) is 0 Å². The second kappa shape index (κ2) is 5.06. The van der Waals surface area contributed by atoms with Crippen LogP contribution in [0, 0.1) is 6.92 Å². The molecule has 94 valence electrons. The van der Waals surface area contributed by atoms with Gasteiger partial charge >= 0.3 is 0 Å². The van der Waals surface area contributed by atoms with Gasteiger partial charge in [-0.15, -0.1) is 0 Å². The molecule has 1 N–H and O–H groups in total. The summed E-state index contributed by atoms with van der Waals surface area (Å²) in [5, 5.41) is 6.04. The van der Waals surface area contributed by atoms with Crippen molar-refractivity contribution in [3.8, 4) is 0 Å². The summed E-state index contributed by atoms with van der Waals surface area (Å²) in [7, 11) is 0. The zero-order chi connectivity index (χ0) is 13.2. The molecule has 0 bridgehead atoms. The number of rotatable bonds is 2. The topological polar surface area (TPSA) is 12.0 Å². The summed E-state index contributed by atoms with van der Waals surface area (Å²) in [5.74, 6) is 0. The van der Waals surface area contributed by atoms with Gasteiger partial charge in [0.05, 0.1) is 5.69 Å². The fourth-order valence-electron chi connectivity index (χ4n) is 2.24. The van der Waals surface area contributed by atoms with Gasteiger partial charge in [-0.3, -0.25) is 0 Å². The third-order valence-electron chi connectivity index (χ3n) is 3.27. The van der Waals surface area contributed by atoms with E-state index >= 15 is 0 Å². The minimum atomic E-state index is 1.07. The van der Waals surface area contributed by atoms with Crippen LogP contribution in [0.25, 0.3) is 10.8 Å². The van der Waals surface area contributed by atoms with Crippen LogP contribution in [-0.4, -0.2) is 0 Å². The molecule has 0 heterocycles. The summed E-state index contributed by atoms with van der Waals surface area (Å²) in [6, 6.07) is 20.9. The maximum Gasteiger partial charge on any atom is 0.0528 e. The van der Waals surface area contributed by atoms with Crippen LogP contribution >= 0.6 is 15.9 Å². The number of halogens is 1. The van der Waals surface area contributed by atoms with Gasteiger partial charge in [-0.05, 0) is 45.9 Å². The van der Waals surface area contributed by atoms with Gasteiger partial charge in [-0.25, -0.2) is 0 Å². The second-order valence-electron chi connectivity index (χ2n) is 4.58. The molecule has 0 radical (unpaired) electrons. The van der Waals surface area contributed by atoms with Crippen molar-refractivity contribution < 1.29 is 0 Å². The van der Waals surface area contributed by atoms with E-state index in [2.05, 4.69) is 70.6 Å². The van der Waals surface area contributed by atoms with Crippen molar-refractivity contribution in [2.75, 3.05) is 5.32 Å². The van der Waals surface area contributed by atoms with Gasteiger partial charge in [-0.2, -0.15) is 0 Å². The van der Waals surface area contributed by atoms with E-state index in [9.17, 15) is 0 Å². The highest BCUT2D eigenvalue weighted by molar-refractivity contribution is 9.10. The Labute approximate surface area is 121 Å². The van der Waals surface area contributed by atoms with Crippen molar-refractivity contribution in [2.24, 2.45) is 0 Å². The number of anilines is 2. The Hall–Kier alpha value is -1.80. The molecule has 3 rings (SSSR count). The van der Waals surface area contributed by atoms with Crippen LogP contribution in [-0.2, 0) is 0 Å². The quantitative estimate of drug-likeness (QED) is 0.644. The minimum Gasteiger partial charge on any atom is -0.354 e. The van der Waals surface area contributed by atoms with Gasteiger partial charge in [0.25, 0.3) is 0 Å². The SMILES string of the molecule is Cc1ccc2ccccc2c1Nc1ccccc1Br. The molecular formula is C17H14BrN. The molecule has 0 fully saturated rings. The van der Waals surface area contributed by atoms with E-state index in [4.69, 9.17) is 0 Å². The molecule has 0 amide bonds. The molecule has 0 aromatic heterocycles. The molecule has 19 heavy (non-hydrogen) atoms. The number of para-hydroxylation sites is 1. The maximum absolute atomic E-state index is 3.58. The Morgan fingerprint density at radius 2 is 1.58 bits per heavy atom. The number of benzene rings is 3. The number of fused-ring (bicyclic) bond motifs is 1. The zero-order valence-corrected chi connectivity index (χ0v) is 12.2. The van der Waals surface area contributed by atoms with Crippen LogP contribution in [0.2, 0.25) is 0 Å². The lowest BCUT2D eigenvalue weighted by molar-refractivity contribution is 1.45. The molecule has 0 aliphatic heterocycles. The van der Waals surface area contributed by atoms with Gasteiger partial charge in [0.15, 0.2) is 0 Å². The molecular weight excluding hydrogens is 298 g/mol. The Morgan fingerprint density at radius 1 is 0.842 bits per heavy atom. The van der Waals surface area contributed by atoms with E-state index in [1.165, 1.54) is 22.0 Å². The molecule has 0 aliphatic carbocycles. The van der Waals surface area contributed by atoms with Crippen molar-refractivity contribution in [1.82, 2.24) is 0 Å². The average molecular weight is 312 g/mol. The Balaban J connectivity index is 2.15. The van der Waals surface area contributed by atoms with Gasteiger partial charge in [-0.1, -0.05) is 48.5 Å². The predicted octanol–water partition coefficient (Wildman–Crippen LogP) is 5.65. The van der Waals surface area contributed by atoms with E-state index < -0.39 is 0 Å². The van der Waals surface area contributed by atoms with Gasteiger partial charge in [0, 0.05) is 15.5 Å². The fourth-order valence-corrected chi connectivity index (χ4v) is 2.63. The van der Waals surface area contributed by atoms with Crippen molar-refractivity contribution in [1.29, 1.82) is 0 Å². The first-order valence-electron chi connectivity index (χ1n) is 6.25. The number of aryl methyl sites for hydroxylation is 1. The third kappa shape index (κ3) is 2.36.